The Kier molecular flexibility index (Phi) is 5.05. The predicted molar refractivity (Wildman–Crippen MR) is 85.9 cm³/mol. The van der Waals surface area contributed by atoms with Gasteiger partial charge in [-0.3, -0.25) is 14.5 Å². The van der Waals surface area contributed by atoms with Gasteiger partial charge in [0.1, 0.15) is 12.4 Å². The van der Waals surface area contributed by atoms with E-state index in [4.69, 9.17) is 0 Å². The monoisotopic (exact) mass is 336 g/mol. The third-order valence-corrected chi connectivity index (χ3v) is 3.29. The smallest absolute Gasteiger partial charge is 0.280 e. The van der Waals surface area contributed by atoms with Crippen LogP contribution in [0.2, 0.25) is 0 Å². The number of hydrogen-bond donors (Lipinski definition) is 1. The van der Waals surface area contributed by atoms with Crippen LogP contribution in [0.5, 0.6) is 0 Å². The Morgan fingerprint density at radius 2 is 2.00 bits per heavy atom. The second kappa shape index (κ2) is 6.82. The second-order valence-electron chi connectivity index (χ2n) is 5.93. The lowest BCUT2D eigenvalue weighted by Crippen LogP contribution is -2.47. The van der Waals surface area contributed by atoms with Crippen molar-refractivity contribution in [3.63, 3.8) is 0 Å². The Bertz CT molecular complexity index is 698. The summed E-state index contributed by atoms with van der Waals surface area (Å²) in [5.74, 6) is -1.56. The van der Waals surface area contributed by atoms with Crippen LogP contribution >= 0.6 is 11.5 Å². The van der Waals surface area contributed by atoms with E-state index in [9.17, 15) is 14.0 Å². The predicted octanol–water partition coefficient (Wildman–Crippen LogP) is 2.24. The van der Waals surface area contributed by atoms with E-state index in [0.717, 1.165) is 16.4 Å². The molecular weight excluding hydrogens is 319 g/mol. The molecule has 0 spiro atoms. The topological polar surface area (TPSA) is 75.2 Å². The van der Waals surface area contributed by atoms with Crippen LogP contribution in [0.25, 0.3) is 0 Å². The van der Waals surface area contributed by atoms with Crippen LogP contribution in [-0.4, -0.2) is 33.5 Å². The largest absolute Gasteiger partial charge is 0.350 e. The first-order valence-electron chi connectivity index (χ1n) is 6.92. The lowest BCUT2D eigenvalue weighted by Gasteiger charge is -2.25. The molecule has 0 unspecified atom stereocenters. The Balaban J connectivity index is 2.31. The van der Waals surface area contributed by atoms with E-state index in [0.29, 0.717) is 0 Å². The summed E-state index contributed by atoms with van der Waals surface area (Å²) in [5.41, 5.74) is -0.361. The maximum atomic E-state index is 14.1. The van der Waals surface area contributed by atoms with E-state index in [2.05, 4.69) is 14.9 Å². The highest BCUT2D eigenvalue weighted by atomic mass is 32.1. The lowest BCUT2D eigenvalue weighted by molar-refractivity contribution is -0.121. The van der Waals surface area contributed by atoms with Crippen molar-refractivity contribution in [3.05, 3.63) is 41.2 Å². The average molecular weight is 336 g/mol. The molecule has 1 heterocycles. The van der Waals surface area contributed by atoms with E-state index in [1.165, 1.54) is 23.6 Å². The van der Waals surface area contributed by atoms with E-state index < -0.39 is 23.2 Å². The van der Waals surface area contributed by atoms with Gasteiger partial charge in [-0.15, -0.1) is 5.10 Å². The van der Waals surface area contributed by atoms with Crippen molar-refractivity contribution >= 4 is 29.0 Å². The molecule has 122 valence electrons. The van der Waals surface area contributed by atoms with E-state index in [-0.39, 0.29) is 17.9 Å². The van der Waals surface area contributed by atoms with Gasteiger partial charge < -0.3 is 5.32 Å². The molecule has 2 aromatic rings. The summed E-state index contributed by atoms with van der Waals surface area (Å²) >= 11 is 1.01. The van der Waals surface area contributed by atoms with E-state index in [1.54, 1.807) is 6.07 Å². The van der Waals surface area contributed by atoms with Gasteiger partial charge >= 0.3 is 0 Å². The number of aromatic nitrogens is 2. The molecule has 0 atom stereocenters. The van der Waals surface area contributed by atoms with Crippen molar-refractivity contribution in [2.45, 2.75) is 26.3 Å². The fraction of sp³-hybridized carbons (Fsp3) is 0.333. The Labute approximate surface area is 137 Å². The van der Waals surface area contributed by atoms with Gasteiger partial charge in [0.15, 0.2) is 5.69 Å². The number of halogens is 1. The zero-order chi connectivity index (χ0) is 17.0. The van der Waals surface area contributed by atoms with Crippen LogP contribution in [0, 0.1) is 5.82 Å². The van der Waals surface area contributed by atoms with Crippen LogP contribution in [0.15, 0.2) is 29.6 Å². The van der Waals surface area contributed by atoms with Crippen LogP contribution in [0.3, 0.4) is 0 Å². The van der Waals surface area contributed by atoms with Crippen LogP contribution in [0.1, 0.15) is 31.3 Å². The zero-order valence-electron chi connectivity index (χ0n) is 13.0. The van der Waals surface area contributed by atoms with E-state index in [1.807, 2.05) is 20.8 Å². The molecule has 1 N–H and O–H groups in total. The molecule has 0 aliphatic heterocycles. The molecule has 0 aliphatic carbocycles. The van der Waals surface area contributed by atoms with Crippen LogP contribution in [-0.2, 0) is 4.79 Å². The average Bonchev–Trinajstić information content (AvgIpc) is 2.97. The molecule has 1 aromatic carbocycles. The number of amides is 2. The van der Waals surface area contributed by atoms with Gasteiger partial charge in [-0.25, -0.2) is 4.39 Å². The van der Waals surface area contributed by atoms with Gasteiger partial charge in [-0.05, 0) is 44.4 Å². The summed E-state index contributed by atoms with van der Waals surface area (Å²) in [6.07, 6.45) is 0. The summed E-state index contributed by atoms with van der Waals surface area (Å²) in [4.78, 5) is 25.8. The number of nitrogens with one attached hydrogen (secondary N) is 1. The summed E-state index contributed by atoms with van der Waals surface area (Å²) in [5, 5.41) is 7.90. The number of nitrogens with zero attached hydrogens (tertiary/aromatic N) is 3. The zero-order valence-corrected chi connectivity index (χ0v) is 13.9. The number of rotatable bonds is 4. The molecule has 2 rings (SSSR count). The number of carbonyl (C=O) groups is 2. The minimum Gasteiger partial charge on any atom is -0.350 e. The quantitative estimate of drug-likeness (QED) is 0.929. The Hall–Kier alpha value is -2.35. The molecule has 8 heteroatoms. The van der Waals surface area contributed by atoms with Crippen molar-refractivity contribution in [2.75, 3.05) is 11.4 Å². The molecule has 0 fully saturated rings. The molecule has 6 nitrogen and oxygen atoms in total. The van der Waals surface area contributed by atoms with Crippen molar-refractivity contribution in [3.8, 4) is 0 Å². The number of para-hydroxylation sites is 1. The number of anilines is 1. The van der Waals surface area contributed by atoms with Crippen molar-refractivity contribution in [1.29, 1.82) is 0 Å². The number of benzene rings is 1. The standard InChI is InChI=1S/C15H17FN4O2S/c1-15(2,3)17-13(21)8-20(12-7-5-4-6-10(12)16)14(22)11-9-23-19-18-11/h4-7,9H,8H2,1-3H3,(H,17,21). The normalized spacial score (nSPS) is 11.1. The minimum absolute atomic E-state index is 0.0227. The third-order valence-electron chi connectivity index (χ3n) is 2.78. The van der Waals surface area contributed by atoms with Gasteiger partial charge in [-0.2, -0.15) is 0 Å². The van der Waals surface area contributed by atoms with Gasteiger partial charge in [0.2, 0.25) is 5.91 Å². The van der Waals surface area contributed by atoms with E-state index >= 15 is 0 Å². The Morgan fingerprint density at radius 1 is 1.30 bits per heavy atom. The van der Waals surface area contributed by atoms with Crippen LogP contribution < -0.4 is 10.2 Å². The van der Waals surface area contributed by atoms with Gasteiger partial charge in [0.05, 0.1) is 5.69 Å². The SMILES string of the molecule is CC(C)(C)NC(=O)CN(C(=O)c1csnn1)c1ccccc1F. The van der Waals surface area contributed by atoms with Crippen molar-refractivity contribution in [1.82, 2.24) is 14.9 Å². The van der Waals surface area contributed by atoms with Crippen molar-refractivity contribution < 1.29 is 14.0 Å². The first-order valence-corrected chi connectivity index (χ1v) is 7.76. The van der Waals surface area contributed by atoms with Gasteiger partial charge in [0, 0.05) is 10.9 Å². The first-order chi connectivity index (χ1) is 10.8. The number of hydrogen-bond acceptors (Lipinski definition) is 5. The highest BCUT2D eigenvalue weighted by molar-refractivity contribution is 7.03. The molecule has 0 aliphatic rings. The maximum Gasteiger partial charge on any atom is 0.280 e. The molecule has 1 aromatic heterocycles. The molecule has 0 bridgehead atoms. The molecule has 0 radical (unpaired) electrons. The van der Waals surface area contributed by atoms with Crippen molar-refractivity contribution in [2.24, 2.45) is 0 Å². The Morgan fingerprint density at radius 3 is 2.57 bits per heavy atom. The fourth-order valence-electron chi connectivity index (χ4n) is 1.93. The molecular formula is C15H17FN4O2S. The molecule has 0 saturated heterocycles. The number of carbonyl (C=O) groups excluding carboxylic acids is 2. The molecule has 2 amide bonds. The van der Waals surface area contributed by atoms with Gasteiger partial charge in [-0.1, -0.05) is 16.6 Å². The second-order valence-corrected chi connectivity index (χ2v) is 6.54. The first kappa shape index (κ1) is 17.0. The van der Waals surface area contributed by atoms with Crippen LogP contribution in [0.4, 0.5) is 10.1 Å². The summed E-state index contributed by atoms with van der Waals surface area (Å²) in [6, 6.07) is 5.79. The highest BCUT2D eigenvalue weighted by Crippen LogP contribution is 2.20. The minimum atomic E-state index is -0.590. The summed E-state index contributed by atoms with van der Waals surface area (Å²) in [7, 11) is 0. The maximum absolute atomic E-state index is 14.1. The third kappa shape index (κ3) is 4.56. The van der Waals surface area contributed by atoms with Gasteiger partial charge in [0.25, 0.3) is 5.91 Å². The summed E-state index contributed by atoms with van der Waals surface area (Å²) < 4.78 is 17.7. The fourth-order valence-corrected chi connectivity index (χ4v) is 2.36. The lowest BCUT2D eigenvalue weighted by atomic mass is 10.1. The molecule has 0 saturated carbocycles. The molecule has 23 heavy (non-hydrogen) atoms. The summed E-state index contributed by atoms with van der Waals surface area (Å²) in [6.45, 7) is 5.16. The highest BCUT2D eigenvalue weighted by Gasteiger charge is 2.26.